The summed E-state index contributed by atoms with van der Waals surface area (Å²) < 4.78 is 14.0. The van der Waals surface area contributed by atoms with Gasteiger partial charge in [0.2, 0.25) is 5.91 Å². The maximum Gasteiger partial charge on any atom is 0.255 e. The minimum absolute atomic E-state index is 0.0306. The minimum atomic E-state index is -0.496. The van der Waals surface area contributed by atoms with Crippen LogP contribution in [-0.4, -0.2) is 22.7 Å². The van der Waals surface area contributed by atoms with Gasteiger partial charge in [0.25, 0.3) is 5.91 Å². The molecule has 2 aromatic rings. The number of halogens is 1. The van der Waals surface area contributed by atoms with Crippen LogP contribution in [-0.2, 0) is 4.79 Å². The minimum Gasteiger partial charge on any atom is -0.507 e. The SMILES string of the molecule is C=CC(=O)Nc1ccc(O)c(C(=O)NC2CCSc3c(F)cccc32)c1. The number of phenols is 1. The number of thioether (sulfide) groups is 1. The number of anilines is 1. The van der Waals surface area contributed by atoms with Gasteiger partial charge in [-0.25, -0.2) is 4.39 Å². The number of phenolic OH excluding ortho intramolecular Hbond substituents is 1. The average Bonchev–Trinajstić information content (AvgIpc) is 2.64. The first-order valence-electron chi connectivity index (χ1n) is 7.98. The van der Waals surface area contributed by atoms with Gasteiger partial charge in [0.15, 0.2) is 0 Å². The highest BCUT2D eigenvalue weighted by Gasteiger charge is 2.25. The second kappa shape index (κ2) is 7.61. The van der Waals surface area contributed by atoms with Crippen molar-refractivity contribution in [2.45, 2.75) is 17.4 Å². The largest absolute Gasteiger partial charge is 0.507 e. The summed E-state index contributed by atoms with van der Waals surface area (Å²) in [6, 6.07) is 8.65. The lowest BCUT2D eigenvalue weighted by molar-refractivity contribution is -0.111. The van der Waals surface area contributed by atoms with E-state index in [1.807, 2.05) is 0 Å². The third-order valence-electron chi connectivity index (χ3n) is 4.03. The first-order chi connectivity index (χ1) is 12.5. The number of hydrogen-bond donors (Lipinski definition) is 3. The molecule has 7 heteroatoms. The van der Waals surface area contributed by atoms with E-state index in [0.717, 1.165) is 11.6 Å². The Morgan fingerprint density at radius 3 is 2.88 bits per heavy atom. The molecule has 0 saturated carbocycles. The first-order valence-corrected chi connectivity index (χ1v) is 8.96. The number of hydrogen-bond acceptors (Lipinski definition) is 4. The van der Waals surface area contributed by atoms with E-state index >= 15 is 0 Å². The van der Waals surface area contributed by atoms with E-state index in [1.54, 1.807) is 12.1 Å². The van der Waals surface area contributed by atoms with Crippen molar-refractivity contribution in [1.29, 1.82) is 0 Å². The Labute approximate surface area is 154 Å². The molecule has 0 bridgehead atoms. The molecule has 2 aromatic carbocycles. The monoisotopic (exact) mass is 372 g/mol. The normalized spacial score (nSPS) is 15.7. The molecule has 1 aliphatic rings. The van der Waals surface area contributed by atoms with Crippen molar-refractivity contribution in [3.63, 3.8) is 0 Å². The van der Waals surface area contributed by atoms with Gasteiger partial charge in [-0.3, -0.25) is 9.59 Å². The second-order valence-electron chi connectivity index (χ2n) is 5.75. The van der Waals surface area contributed by atoms with Crippen molar-refractivity contribution in [1.82, 2.24) is 5.32 Å². The molecule has 2 amide bonds. The lowest BCUT2D eigenvalue weighted by atomic mass is 10.0. The molecule has 26 heavy (non-hydrogen) atoms. The number of nitrogens with one attached hydrogen (secondary N) is 2. The summed E-state index contributed by atoms with van der Waals surface area (Å²) in [6.07, 6.45) is 1.76. The fraction of sp³-hybridized carbons (Fsp3) is 0.158. The molecule has 1 atom stereocenters. The van der Waals surface area contributed by atoms with E-state index in [1.165, 1.54) is 36.0 Å². The lowest BCUT2D eigenvalue weighted by Crippen LogP contribution is -2.31. The van der Waals surface area contributed by atoms with Gasteiger partial charge in [0.05, 0.1) is 11.6 Å². The van der Waals surface area contributed by atoms with E-state index < -0.39 is 11.8 Å². The number of benzene rings is 2. The fourth-order valence-electron chi connectivity index (χ4n) is 2.76. The van der Waals surface area contributed by atoms with Crippen molar-refractivity contribution in [3.8, 4) is 5.75 Å². The summed E-state index contributed by atoms with van der Waals surface area (Å²) >= 11 is 1.42. The standard InChI is InChI=1S/C19H17FN2O3S/c1-2-17(24)21-11-6-7-16(23)13(10-11)19(25)22-15-8-9-26-18-12(15)4-3-5-14(18)20/h2-7,10,15,23H,1,8-9H2,(H,21,24)(H,22,25). The van der Waals surface area contributed by atoms with Crippen LogP contribution in [0.5, 0.6) is 5.75 Å². The number of carbonyl (C=O) groups is 2. The Bertz CT molecular complexity index is 885. The first kappa shape index (κ1) is 18.0. The van der Waals surface area contributed by atoms with E-state index in [4.69, 9.17) is 0 Å². The van der Waals surface area contributed by atoms with Gasteiger partial charge in [0, 0.05) is 16.3 Å². The summed E-state index contributed by atoms with van der Waals surface area (Å²) in [5, 5.41) is 15.4. The molecule has 3 N–H and O–H groups in total. The summed E-state index contributed by atoms with van der Waals surface area (Å²) in [4.78, 5) is 24.6. The zero-order valence-corrected chi connectivity index (χ0v) is 14.6. The van der Waals surface area contributed by atoms with Crippen molar-refractivity contribution in [2.75, 3.05) is 11.1 Å². The topological polar surface area (TPSA) is 78.4 Å². The zero-order valence-electron chi connectivity index (χ0n) is 13.8. The van der Waals surface area contributed by atoms with Crippen LogP contribution in [0.25, 0.3) is 0 Å². The molecule has 134 valence electrons. The van der Waals surface area contributed by atoms with Crippen LogP contribution < -0.4 is 10.6 Å². The van der Waals surface area contributed by atoms with Crippen LogP contribution in [0, 0.1) is 5.82 Å². The predicted molar refractivity (Wildman–Crippen MR) is 98.9 cm³/mol. The van der Waals surface area contributed by atoms with Gasteiger partial charge in [-0.2, -0.15) is 0 Å². The van der Waals surface area contributed by atoms with Gasteiger partial charge in [-0.15, -0.1) is 11.8 Å². The number of aromatic hydroxyl groups is 1. The lowest BCUT2D eigenvalue weighted by Gasteiger charge is -2.26. The van der Waals surface area contributed by atoms with Crippen LogP contribution in [0.15, 0.2) is 53.9 Å². The number of amides is 2. The molecule has 3 rings (SSSR count). The van der Waals surface area contributed by atoms with E-state index in [9.17, 15) is 19.1 Å². The van der Waals surface area contributed by atoms with E-state index in [2.05, 4.69) is 17.2 Å². The molecule has 5 nitrogen and oxygen atoms in total. The van der Waals surface area contributed by atoms with Gasteiger partial charge in [0.1, 0.15) is 11.6 Å². The van der Waals surface area contributed by atoms with Crippen LogP contribution in [0.4, 0.5) is 10.1 Å². The molecule has 0 aromatic heterocycles. The summed E-state index contributed by atoms with van der Waals surface area (Å²) in [6.45, 7) is 3.36. The van der Waals surface area contributed by atoms with Crippen LogP contribution in [0.2, 0.25) is 0 Å². The smallest absolute Gasteiger partial charge is 0.255 e. The van der Waals surface area contributed by atoms with E-state index in [0.29, 0.717) is 22.8 Å². The Hall–Kier alpha value is -2.80. The highest BCUT2D eigenvalue weighted by Crippen LogP contribution is 2.38. The molecule has 0 radical (unpaired) electrons. The Kier molecular flexibility index (Phi) is 5.27. The molecule has 0 fully saturated rings. The van der Waals surface area contributed by atoms with Crippen molar-refractivity contribution in [2.24, 2.45) is 0 Å². The molecule has 0 spiro atoms. The van der Waals surface area contributed by atoms with Crippen LogP contribution in [0.3, 0.4) is 0 Å². The second-order valence-corrected chi connectivity index (χ2v) is 6.85. The number of fused-ring (bicyclic) bond motifs is 1. The predicted octanol–water partition coefficient (Wildman–Crippen LogP) is 3.62. The maximum atomic E-state index is 14.0. The Balaban J connectivity index is 1.83. The molecular weight excluding hydrogens is 355 g/mol. The summed E-state index contributed by atoms with van der Waals surface area (Å²) in [5.41, 5.74) is 1.12. The Morgan fingerprint density at radius 1 is 1.31 bits per heavy atom. The summed E-state index contributed by atoms with van der Waals surface area (Å²) in [5.74, 6) is -0.743. The van der Waals surface area contributed by atoms with Gasteiger partial charge in [-0.05, 0) is 42.3 Å². The van der Waals surface area contributed by atoms with Gasteiger partial charge in [-0.1, -0.05) is 18.7 Å². The number of carbonyl (C=O) groups excluding carboxylic acids is 2. The molecule has 0 aliphatic carbocycles. The van der Waals surface area contributed by atoms with Crippen molar-refractivity contribution < 1.29 is 19.1 Å². The number of rotatable bonds is 4. The van der Waals surface area contributed by atoms with E-state index in [-0.39, 0.29) is 23.2 Å². The molecule has 1 unspecified atom stereocenters. The van der Waals surface area contributed by atoms with Crippen LogP contribution >= 0.6 is 11.8 Å². The third-order valence-corrected chi connectivity index (χ3v) is 5.18. The summed E-state index contributed by atoms with van der Waals surface area (Å²) in [7, 11) is 0. The average molecular weight is 372 g/mol. The zero-order chi connectivity index (χ0) is 18.7. The van der Waals surface area contributed by atoms with Crippen molar-refractivity contribution in [3.05, 3.63) is 66.0 Å². The molecule has 1 heterocycles. The quantitative estimate of drug-likeness (QED) is 0.566. The molecule has 0 saturated heterocycles. The van der Waals surface area contributed by atoms with Gasteiger partial charge < -0.3 is 15.7 Å². The highest BCUT2D eigenvalue weighted by molar-refractivity contribution is 7.99. The fourth-order valence-corrected chi connectivity index (χ4v) is 3.90. The molecule has 1 aliphatic heterocycles. The van der Waals surface area contributed by atoms with Crippen molar-refractivity contribution >= 4 is 29.3 Å². The Morgan fingerprint density at radius 2 is 2.12 bits per heavy atom. The highest BCUT2D eigenvalue weighted by atomic mass is 32.2. The molecular formula is C19H17FN2O3S. The van der Waals surface area contributed by atoms with Gasteiger partial charge >= 0.3 is 0 Å². The van der Waals surface area contributed by atoms with Crippen LogP contribution in [0.1, 0.15) is 28.4 Å². The third kappa shape index (κ3) is 3.72. The maximum absolute atomic E-state index is 14.0.